The maximum Gasteiger partial charge on any atom is 0.190 e. The quantitative estimate of drug-likeness (QED) is 0.720. The van der Waals surface area contributed by atoms with Crippen LogP contribution in [-0.2, 0) is 0 Å². The van der Waals surface area contributed by atoms with Gasteiger partial charge in [0.25, 0.3) is 0 Å². The SMILES string of the molecule is O=c1cc(-c2ccccc2)[nH]c2c(F)c(Br)ccc12. The number of hydrogen-bond acceptors (Lipinski definition) is 1. The van der Waals surface area contributed by atoms with E-state index in [9.17, 15) is 9.18 Å². The third-order valence-corrected chi connectivity index (χ3v) is 3.59. The number of hydrogen-bond donors (Lipinski definition) is 1. The van der Waals surface area contributed by atoms with E-state index in [1.54, 1.807) is 6.07 Å². The van der Waals surface area contributed by atoms with E-state index in [1.807, 2.05) is 30.3 Å². The van der Waals surface area contributed by atoms with E-state index < -0.39 is 5.82 Å². The van der Waals surface area contributed by atoms with Crippen LogP contribution in [-0.4, -0.2) is 4.98 Å². The molecule has 0 aliphatic rings. The zero-order valence-corrected chi connectivity index (χ0v) is 11.4. The molecule has 0 amide bonds. The third kappa shape index (κ3) is 2.08. The Labute approximate surface area is 117 Å². The molecule has 0 radical (unpaired) electrons. The van der Waals surface area contributed by atoms with E-state index in [0.717, 1.165) is 5.56 Å². The Morgan fingerprint density at radius 1 is 1.05 bits per heavy atom. The predicted molar refractivity (Wildman–Crippen MR) is 77.7 cm³/mol. The summed E-state index contributed by atoms with van der Waals surface area (Å²) in [6.45, 7) is 0. The second-order valence-corrected chi connectivity index (χ2v) is 5.05. The van der Waals surface area contributed by atoms with Crippen molar-refractivity contribution in [3.63, 3.8) is 0 Å². The van der Waals surface area contributed by atoms with Gasteiger partial charge in [0.05, 0.1) is 9.99 Å². The van der Waals surface area contributed by atoms with Crippen LogP contribution in [0.15, 0.2) is 57.8 Å². The molecule has 94 valence electrons. The third-order valence-electron chi connectivity index (χ3n) is 2.98. The van der Waals surface area contributed by atoms with Crippen molar-refractivity contribution in [2.75, 3.05) is 0 Å². The van der Waals surface area contributed by atoms with E-state index in [0.29, 0.717) is 15.6 Å². The molecule has 19 heavy (non-hydrogen) atoms. The number of halogens is 2. The van der Waals surface area contributed by atoms with Gasteiger partial charge in [0.2, 0.25) is 0 Å². The maximum absolute atomic E-state index is 14.1. The summed E-state index contributed by atoms with van der Waals surface area (Å²) in [5.41, 5.74) is 1.48. The predicted octanol–water partition coefficient (Wildman–Crippen LogP) is 4.10. The van der Waals surface area contributed by atoms with Crippen LogP contribution in [0.4, 0.5) is 4.39 Å². The van der Waals surface area contributed by atoms with Crippen molar-refractivity contribution in [1.29, 1.82) is 0 Å². The lowest BCUT2D eigenvalue weighted by molar-refractivity contribution is 0.630. The molecule has 0 saturated carbocycles. The Hall–Kier alpha value is -1.94. The summed E-state index contributed by atoms with van der Waals surface area (Å²) in [6.07, 6.45) is 0. The Bertz CT molecular complexity index is 811. The number of benzene rings is 2. The fraction of sp³-hybridized carbons (Fsp3) is 0. The number of aromatic nitrogens is 1. The fourth-order valence-electron chi connectivity index (χ4n) is 2.03. The average Bonchev–Trinajstić information content (AvgIpc) is 2.44. The number of H-pyrrole nitrogens is 1. The van der Waals surface area contributed by atoms with Gasteiger partial charge in [-0.15, -0.1) is 0 Å². The van der Waals surface area contributed by atoms with Crippen molar-refractivity contribution in [2.45, 2.75) is 0 Å². The molecule has 0 unspecified atom stereocenters. The van der Waals surface area contributed by atoms with Crippen LogP contribution in [0.5, 0.6) is 0 Å². The number of aromatic amines is 1. The summed E-state index contributed by atoms with van der Waals surface area (Å²) in [7, 11) is 0. The fourth-order valence-corrected chi connectivity index (χ4v) is 2.36. The number of rotatable bonds is 1. The Kier molecular flexibility index (Phi) is 2.95. The van der Waals surface area contributed by atoms with Crippen LogP contribution >= 0.6 is 15.9 Å². The average molecular weight is 318 g/mol. The summed E-state index contributed by atoms with van der Waals surface area (Å²) in [5.74, 6) is -0.451. The van der Waals surface area contributed by atoms with Crippen LogP contribution in [0, 0.1) is 5.82 Å². The van der Waals surface area contributed by atoms with Gasteiger partial charge in [0, 0.05) is 17.1 Å². The van der Waals surface area contributed by atoms with Crippen molar-refractivity contribution >= 4 is 26.8 Å². The van der Waals surface area contributed by atoms with Gasteiger partial charge in [-0.2, -0.15) is 0 Å². The second-order valence-electron chi connectivity index (χ2n) is 4.20. The lowest BCUT2D eigenvalue weighted by Gasteiger charge is -2.06. The molecule has 0 aliphatic heterocycles. The first kappa shape index (κ1) is 12.1. The number of fused-ring (bicyclic) bond motifs is 1. The van der Waals surface area contributed by atoms with Crippen molar-refractivity contribution in [3.05, 3.63) is 69.0 Å². The van der Waals surface area contributed by atoms with E-state index in [4.69, 9.17) is 0 Å². The molecule has 0 aliphatic carbocycles. The zero-order chi connectivity index (χ0) is 13.4. The molecule has 1 aromatic heterocycles. The molecule has 1 N–H and O–H groups in total. The summed E-state index contributed by atoms with van der Waals surface area (Å²) >= 11 is 3.12. The summed E-state index contributed by atoms with van der Waals surface area (Å²) in [4.78, 5) is 15.0. The van der Waals surface area contributed by atoms with Gasteiger partial charge < -0.3 is 4.98 Å². The molecule has 0 spiro atoms. The minimum Gasteiger partial charge on any atom is -0.352 e. The lowest BCUT2D eigenvalue weighted by Crippen LogP contribution is -2.04. The minimum absolute atomic E-state index is 0.195. The van der Waals surface area contributed by atoms with E-state index in [-0.39, 0.29) is 10.9 Å². The van der Waals surface area contributed by atoms with E-state index in [2.05, 4.69) is 20.9 Å². The molecule has 0 fully saturated rings. The van der Waals surface area contributed by atoms with Gasteiger partial charge in [-0.25, -0.2) is 4.39 Å². The molecular weight excluding hydrogens is 309 g/mol. The topological polar surface area (TPSA) is 32.9 Å². The van der Waals surface area contributed by atoms with Crippen LogP contribution in [0.3, 0.4) is 0 Å². The lowest BCUT2D eigenvalue weighted by atomic mass is 10.1. The van der Waals surface area contributed by atoms with Gasteiger partial charge in [0.15, 0.2) is 11.2 Å². The molecule has 2 aromatic carbocycles. The largest absolute Gasteiger partial charge is 0.352 e. The Balaban J connectivity index is 2.36. The summed E-state index contributed by atoms with van der Waals surface area (Å²) in [6, 6.07) is 14.0. The highest BCUT2D eigenvalue weighted by Crippen LogP contribution is 2.24. The highest BCUT2D eigenvalue weighted by atomic mass is 79.9. The molecule has 3 aromatic rings. The van der Waals surface area contributed by atoms with Gasteiger partial charge in [0.1, 0.15) is 0 Å². The molecular formula is C15H9BrFNO. The van der Waals surface area contributed by atoms with Crippen molar-refractivity contribution in [1.82, 2.24) is 4.98 Å². The Morgan fingerprint density at radius 3 is 2.53 bits per heavy atom. The summed E-state index contributed by atoms with van der Waals surface area (Å²) < 4.78 is 14.4. The van der Waals surface area contributed by atoms with Gasteiger partial charge in [-0.1, -0.05) is 30.3 Å². The van der Waals surface area contributed by atoms with Crippen molar-refractivity contribution in [3.8, 4) is 11.3 Å². The standard InChI is InChI=1S/C15H9BrFNO/c16-11-7-6-10-13(19)8-12(18-15(10)14(11)17)9-4-2-1-3-5-9/h1-8H,(H,18,19). The number of nitrogens with one attached hydrogen (secondary N) is 1. The smallest absolute Gasteiger partial charge is 0.190 e. The molecule has 0 bridgehead atoms. The molecule has 1 heterocycles. The first-order valence-electron chi connectivity index (χ1n) is 5.73. The molecule has 0 saturated heterocycles. The Morgan fingerprint density at radius 2 is 1.79 bits per heavy atom. The maximum atomic E-state index is 14.1. The van der Waals surface area contributed by atoms with Crippen molar-refractivity contribution in [2.24, 2.45) is 0 Å². The van der Waals surface area contributed by atoms with Crippen molar-refractivity contribution < 1.29 is 4.39 Å². The van der Waals surface area contributed by atoms with Gasteiger partial charge in [-0.05, 0) is 33.6 Å². The van der Waals surface area contributed by atoms with Crippen LogP contribution in [0.2, 0.25) is 0 Å². The van der Waals surface area contributed by atoms with Crippen LogP contribution in [0.1, 0.15) is 0 Å². The van der Waals surface area contributed by atoms with Gasteiger partial charge in [-0.3, -0.25) is 4.79 Å². The molecule has 2 nitrogen and oxygen atoms in total. The van der Waals surface area contributed by atoms with E-state index in [1.165, 1.54) is 12.1 Å². The zero-order valence-electron chi connectivity index (χ0n) is 9.78. The summed E-state index contributed by atoms with van der Waals surface area (Å²) in [5, 5.41) is 0.348. The first-order valence-corrected chi connectivity index (χ1v) is 6.52. The second kappa shape index (κ2) is 4.63. The first-order chi connectivity index (χ1) is 9.16. The highest BCUT2D eigenvalue weighted by molar-refractivity contribution is 9.10. The molecule has 3 rings (SSSR count). The van der Waals surface area contributed by atoms with Gasteiger partial charge >= 0.3 is 0 Å². The minimum atomic E-state index is -0.451. The highest BCUT2D eigenvalue weighted by Gasteiger charge is 2.10. The monoisotopic (exact) mass is 317 g/mol. The van der Waals surface area contributed by atoms with E-state index >= 15 is 0 Å². The van der Waals surface area contributed by atoms with Crippen LogP contribution < -0.4 is 5.43 Å². The normalized spacial score (nSPS) is 10.8. The number of pyridine rings is 1. The van der Waals surface area contributed by atoms with Crippen LogP contribution in [0.25, 0.3) is 22.2 Å². The molecule has 4 heteroatoms. The molecule has 0 atom stereocenters.